The maximum atomic E-state index is 13.0. The second-order valence-corrected chi connectivity index (χ2v) is 4.85. The molecule has 0 saturated carbocycles. The van der Waals surface area contributed by atoms with Crippen molar-refractivity contribution in [2.45, 2.75) is 0 Å². The van der Waals surface area contributed by atoms with Gasteiger partial charge in [-0.25, -0.2) is 4.39 Å². The summed E-state index contributed by atoms with van der Waals surface area (Å²) in [7, 11) is 0. The Hall–Kier alpha value is -2.20. The van der Waals surface area contributed by atoms with E-state index in [0.29, 0.717) is 16.4 Å². The molecule has 0 radical (unpaired) electrons. The highest BCUT2D eigenvalue weighted by Gasteiger charge is 2.18. The number of nitrogens with one attached hydrogen (secondary N) is 1. The first kappa shape index (κ1) is 12.8. The SMILES string of the molecule is O=C1CN=C(c2ccc(F)cc2)c2cc(Cl)ccc2N1. The van der Waals surface area contributed by atoms with Gasteiger partial charge < -0.3 is 5.32 Å². The molecule has 2 aromatic carbocycles. The van der Waals surface area contributed by atoms with Gasteiger partial charge in [0.15, 0.2) is 0 Å². The van der Waals surface area contributed by atoms with E-state index in [1.165, 1.54) is 12.1 Å². The number of halogens is 2. The predicted octanol–water partition coefficient (Wildman–Crippen LogP) is 3.27. The first-order chi connectivity index (χ1) is 9.63. The van der Waals surface area contributed by atoms with Crippen LogP contribution < -0.4 is 5.32 Å². The van der Waals surface area contributed by atoms with Crippen LogP contribution in [0.2, 0.25) is 5.02 Å². The fraction of sp³-hybridized carbons (Fsp3) is 0.0667. The van der Waals surface area contributed by atoms with E-state index in [-0.39, 0.29) is 18.3 Å². The van der Waals surface area contributed by atoms with Crippen molar-refractivity contribution in [3.8, 4) is 0 Å². The fourth-order valence-electron chi connectivity index (χ4n) is 2.10. The Balaban J connectivity index is 2.17. The van der Waals surface area contributed by atoms with E-state index in [0.717, 1.165) is 11.1 Å². The lowest BCUT2D eigenvalue weighted by atomic mass is 10.0. The molecule has 1 aliphatic rings. The fourth-order valence-corrected chi connectivity index (χ4v) is 2.27. The van der Waals surface area contributed by atoms with Crippen molar-refractivity contribution in [1.82, 2.24) is 0 Å². The highest BCUT2D eigenvalue weighted by Crippen LogP contribution is 2.26. The van der Waals surface area contributed by atoms with Crippen molar-refractivity contribution in [2.75, 3.05) is 11.9 Å². The molecule has 3 nitrogen and oxygen atoms in total. The molecule has 0 aromatic heterocycles. The number of rotatable bonds is 1. The largest absolute Gasteiger partial charge is 0.324 e. The van der Waals surface area contributed by atoms with Gasteiger partial charge in [-0.3, -0.25) is 9.79 Å². The quantitative estimate of drug-likeness (QED) is 0.860. The molecule has 0 unspecified atom stereocenters. The molecule has 5 heteroatoms. The maximum absolute atomic E-state index is 13.0. The van der Waals surface area contributed by atoms with Gasteiger partial charge in [0.2, 0.25) is 5.91 Å². The smallest absolute Gasteiger partial charge is 0.246 e. The van der Waals surface area contributed by atoms with E-state index < -0.39 is 0 Å². The summed E-state index contributed by atoms with van der Waals surface area (Å²) in [6.07, 6.45) is 0. The third-order valence-corrected chi connectivity index (χ3v) is 3.24. The number of benzodiazepines with no additional fused rings is 1. The number of carbonyl (C=O) groups is 1. The number of amides is 1. The molecule has 0 atom stereocenters. The molecule has 0 bridgehead atoms. The molecule has 0 fully saturated rings. The number of aliphatic imine (C=N–C) groups is 1. The number of carbonyl (C=O) groups excluding carboxylic acids is 1. The minimum atomic E-state index is -0.316. The van der Waals surface area contributed by atoms with Crippen LogP contribution in [-0.2, 0) is 4.79 Å². The van der Waals surface area contributed by atoms with Gasteiger partial charge in [0.25, 0.3) is 0 Å². The highest BCUT2D eigenvalue weighted by molar-refractivity contribution is 6.31. The molecule has 100 valence electrons. The number of benzene rings is 2. The van der Waals surface area contributed by atoms with E-state index in [4.69, 9.17) is 11.6 Å². The Morgan fingerprint density at radius 1 is 1.15 bits per heavy atom. The van der Waals surface area contributed by atoms with Gasteiger partial charge in [-0.15, -0.1) is 0 Å². The molecule has 2 aromatic rings. The molecule has 0 aliphatic carbocycles. The van der Waals surface area contributed by atoms with Crippen LogP contribution in [0.4, 0.5) is 10.1 Å². The first-order valence-corrected chi connectivity index (χ1v) is 6.41. The lowest BCUT2D eigenvalue weighted by Crippen LogP contribution is -2.13. The van der Waals surface area contributed by atoms with Gasteiger partial charge in [-0.2, -0.15) is 0 Å². The zero-order valence-corrected chi connectivity index (χ0v) is 11.1. The van der Waals surface area contributed by atoms with Gasteiger partial charge >= 0.3 is 0 Å². The molecule has 0 spiro atoms. The maximum Gasteiger partial charge on any atom is 0.246 e. The van der Waals surface area contributed by atoms with Crippen molar-refractivity contribution in [3.05, 3.63) is 64.4 Å². The summed E-state index contributed by atoms with van der Waals surface area (Å²) < 4.78 is 13.0. The average Bonchev–Trinajstić information content (AvgIpc) is 2.58. The van der Waals surface area contributed by atoms with Crippen LogP contribution in [0.3, 0.4) is 0 Å². The van der Waals surface area contributed by atoms with Crippen LogP contribution in [0.5, 0.6) is 0 Å². The Kier molecular flexibility index (Phi) is 3.24. The van der Waals surface area contributed by atoms with Gasteiger partial charge in [-0.1, -0.05) is 11.6 Å². The van der Waals surface area contributed by atoms with E-state index >= 15 is 0 Å². The molecule has 1 heterocycles. The van der Waals surface area contributed by atoms with Crippen molar-refractivity contribution >= 4 is 28.9 Å². The van der Waals surface area contributed by atoms with E-state index in [1.54, 1.807) is 30.3 Å². The molecule has 1 aliphatic heterocycles. The first-order valence-electron chi connectivity index (χ1n) is 6.03. The topological polar surface area (TPSA) is 41.5 Å². The van der Waals surface area contributed by atoms with Crippen molar-refractivity contribution < 1.29 is 9.18 Å². The summed E-state index contributed by atoms with van der Waals surface area (Å²) in [5.74, 6) is -0.505. The zero-order valence-electron chi connectivity index (χ0n) is 10.4. The normalized spacial score (nSPS) is 14.1. The monoisotopic (exact) mass is 288 g/mol. The third kappa shape index (κ3) is 2.42. The summed E-state index contributed by atoms with van der Waals surface area (Å²) in [6.45, 7) is 0.0268. The van der Waals surface area contributed by atoms with Crippen LogP contribution in [0.1, 0.15) is 11.1 Å². The molecular formula is C15H10ClFN2O. The minimum Gasteiger partial charge on any atom is -0.324 e. The lowest BCUT2D eigenvalue weighted by Gasteiger charge is -2.10. The molecule has 3 rings (SSSR count). The van der Waals surface area contributed by atoms with Crippen LogP contribution in [0.15, 0.2) is 47.5 Å². The Morgan fingerprint density at radius 2 is 1.90 bits per heavy atom. The molecular weight excluding hydrogens is 279 g/mol. The van der Waals surface area contributed by atoms with Crippen molar-refractivity contribution in [2.24, 2.45) is 4.99 Å². The third-order valence-electron chi connectivity index (χ3n) is 3.01. The van der Waals surface area contributed by atoms with Crippen molar-refractivity contribution in [1.29, 1.82) is 0 Å². The molecule has 0 saturated heterocycles. The Morgan fingerprint density at radius 3 is 2.65 bits per heavy atom. The van der Waals surface area contributed by atoms with Crippen molar-refractivity contribution in [3.63, 3.8) is 0 Å². The summed E-state index contributed by atoms with van der Waals surface area (Å²) in [4.78, 5) is 16.0. The van der Waals surface area contributed by atoms with Crippen LogP contribution >= 0.6 is 11.6 Å². The van der Waals surface area contributed by atoms with Crippen LogP contribution in [-0.4, -0.2) is 18.2 Å². The average molecular weight is 289 g/mol. The highest BCUT2D eigenvalue weighted by atomic mass is 35.5. The second-order valence-electron chi connectivity index (χ2n) is 4.41. The molecule has 1 N–H and O–H groups in total. The number of hydrogen-bond donors (Lipinski definition) is 1. The summed E-state index contributed by atoms with van der Waals surface area (Å²) >= 11 is 6.02. The number of hydrogen-bond acceptors (Lipinski definition) is 2. The van der Waals surface area contributed by atoms with E-state index in [1.807, 2.05) is 0 Å². The van der Waals surface area contributed by atoms with Crippen LogP contribution in [0, 0.1) is 5.82 Å². The van der Waals surface area contributed by atoms with Gasteiger partial charge in [0.05, 0.1) is 11.4 Å². The summed E-state index contributed by atoms with van der Waals surface area (Å²) in [5, 5.41) is 3.33. The molecule has 1 amide bonds. The summed E-state index contributed by atoms with van der Waals surface area (Å²) in [5.41, 5.74) is 2.75. The van der Waals surface area contributed by atoms with Crippen LogP contribution in [0.25, 0.3) is 0 Å². The number of fused-ring (bicyclic) bond motifs is 1. The van der Waals surface area contributed by atoms with Gasteiger partial charge in [-0.05, 0) is 42.5 Å². The lowest BCUT2D eigenvalue weighted by molar-refractivity contribution is -0.114. The summed E-state index contributed by atoms with van der Waals surface area (Å²) in [6, 6.07) is 11.2. The van der Waals surface area contributed by atoms with E-state index in [9.17, 15) is 9.18 Å². The number of anilines is 1. The molecule has 20 heavy (non-hydrogen) atoms. The Bertz CT molecular complexity index is 710. The standard InChI is InChI=1S/C15H10ClFN2O/c16-10-3-6-13-12(7-10)15(18-8-14(20)19-13)9-1-4-11(17)5-2-9/h1-7H,8H2,(H,19,20). The van der Waals surface area contributed by atoms with Gasteiger partial charge in [0, 0.05) is 16.1 Å². The Labute approximate surface area is 120 Å². The van der Waals surface area contributed by atoms with E-state index in [2.05, 4.69) is 10.3 Å². The minimum absolute atomic E-state index is 0.0268. The second kappa shape index (κ2) is 5.06. The number of nitrogens with zero attached hydrogens (tertiary/aromatic N) is 1. The predicted molar refractivity (Wildman–Crippen MR) is 77.0 cm³/mol. The zero-order chi connectivity index (χ0) is 14.1. The van der Waals surface area contributed by atoms with Gasteiger partial charge in [0.1, 0.15) is 12.4 Å².